The van der Waals surface area contributed by atoms with Crippen molar-refractivity contribution in [3.8, 4) is 11.1 Å². The van der Waals surface area contributed by atoms with Gasteiger partial charge < -0.3 is 25.2 Å². The summed E-state index contributed by atoms with van der Waals surface area (Å²) in [5.74, 6) is -1.77. The largest absolute Gasteiger partial charge is 0.480 e. The van der Waals surface area contributed by atoms with Gasteiger partial charge in [-0.3, -0.25) is 4.79 Å². The van der Waals surface area contributed by atoms with Gasteiger partial charge in [-0.1, -0.05) is 68.3 Å². The van der Waals surface area contributed by atoms with E-state index in [0.717, 1.165) is 28.7 Å². The summed E-state index contributed by atoms with van der Waals surface area (Å²) in [6.45, 7) is 1.96. The number of ether oxygens (including phenoxy) is 2. The molecule has 1 unspecified atom stereocenters. The van der Waals surface area contributed by atoms with E-state index in [1.165, 1.54) is 7.11 Å². The Kier molecular flexibility index (Phi) is 8.43. The van der Waals surface area contributed by atoms with Crippen molar-refractivity contribution in [3.05, 3.63) is 59.7 Å². The number of unbranched alkanes of at least 4 members (excludes halogenated alkanes) is 1. The average Bonchev–Trinajstić information content (AvgIpc) is 3.14. The Morgan fingerprint density at radius 2 is 1.64 bits per heavy atom. The van der Waals surface area contributed by atoms with Gasteiger partial charge in [0.15, 0.2) is 6.10 Å². The van der Waals surface area contributed by atoms with Gasteiger partial charge in [-0.2, -0.15) is 0 Å². The SMILES string of the molecule is CCCC[C@H](NC(=O)C(CNC(=O)OCC1c2ccccc2-c2ccccc21)OC)C(=O)O. The quantitative estimate of drug-likeness (QED) is 0.480. The van der Waals surface area contributed by atoms with E-state index in [0.29, 0.717) is 12.8 Å². The van der Waals surface area contributed by atoms with Crippen LogP contribution in [0.3, 0.4) is 0 Å². The molecule has 176 valence electrons. The number of amides is 2. The number of fused-ring (bicyclic) bond motifs is 3. The second kappa shape index (κ2) is 11.5. The van der Waals surface area contributed by atoms with E-state index in [1.54, 1.807) is 0 Å². The Labute approximate surface area is 193 Å². The van der Waals surface area contributed by atoms with Crippen LogP contribution in [0.1, 0.15) is 43.2 Å². The molecule has 0 aliphatic heterocycles. The fourth-order valence-electron chi connectivity index (χ4n) is 4.04. The molecule has 0 radical (unpaired) electrons. The fraction of sp³-hybridized carbons (Fsp3) is 0.400. The molecule has 2 amide bonds. The van der Waals surface area contributed by atoms with Crippen molar-refractivity contribution in [1.29, 1.82) is 0 Å². The molecule has 0 heterocycles. The summed E-state index contributed by atoms with van der Waals surface area (Å²) in [5.41, 5.74) is 4.48. The Bertz CT molecular complexity index is 947. The second-order valence-electron chi connectivity index (χ2n) is 7.97. The fourth-order valence-corrected chi connectivity index (χ4v) is 4.04. The van der Waals surface area contributed by atoms with E-state index in [2.05, 4.69) is 22.8 Å². The Hall–Kier alpha value is -3.39. The molecule has 3 rings (SSSR count). The molecule has 33 heavy (non-hydrogen) atoms. The molecule has 1 aliphatic rings. The molecule has 8 heteroatoms. The second-order valence-corrected chi connectivity index (χ2v) is 7.97. The monoisotopic (exact) mass is 454 g/mol. The topological polar surface area (TPSA) is 114 Å². The van der Waals surface area contributed by atoms with E-state index in [9.17, 15) is 19.5 Å². The normalized spacial score (nSPS) is 14.0. The number of carboxylic acids is 1. The van der Waals surface area contributed by atoms with E-state index >= 15 is 0 Å². The van der Waals surface area contributed by atoms with Crippen LogP contribution in [0, 0.1) is 0 Å². The summed E-state index contributed by atoms with van der Waals surface area (Å²) in [6.07, 6.45) is 0.110. The van der Waals surface area contributed by atoms with Crippen molar-refractivity contribution in [3.63, 3.8) is 0 Å². The molecular formula is C25H30N2O6. The standard InChI is InChI=1S/C25H30N2O6/c1-3-4-13-21(24(29)30)27-23(28)22(32-2)14-26-25(31)33-15-20-18-11-7-5-9-16(18)17-10-6-8-12-19(17)20/h5-12,20-22H,3-4,13-15H2,1-2H3,(H,26,31)(H,27,28)(H,29,30)/t21-,22?/m0/s1. The molecular weight excluding hydrogens is 424 g/mol. The number of benzene rings is 2. The number of alkyl carbamates (subject to hydrolysis) is 1. The number of hydrogen-bond donors (Lipinski definition) is 3. The first-order valence-electron chi connectivity index (χ1n) is 11.1. The zero-order valence-electron chi connectivity index (χ0n) is 18.9. The predicted octanol–water partition coefficient (Wildman–Crippen LogP) is 3.30. The molecule has 3 N–H and O–H groups in total. The van der Waals surface area contributed by atoms with Gasteiger partial charge >= 0.3 is 12.1 Å². The molecule has 0 aromatic heterocycles. The van der Waals surface area contributed by atoms with Crippen LogP contribution in [0.5, 0.6) is 0 Å². The highest BCUT2D eigenvalue weighted by molar-refractivity contribution is 5.87. The Morgan fingerprint density at radius 1 is 1.03 bits per heavy atom. The molecule has 2 aromatic carbocycles. The molecule has 2 aromatic rings. The van der Waals surface area contributed by atoms with Crippen LogP contribution >= 0.6 is 0 Å². The van der Waals surface area contributed by atoms with Gasteiger partial charge in [0.25, 0.3) is 5.91 Å². The lowest BCUT2D eigenvalue weighted by molar-refractivity contribution is -0.144. The summed E-state index contributed by atoms with van der Waals surface area (Å²) in [5, 5.41) is 14.3. The van der Waals surface area contributed by atoms with Crippen LogP contribution < -0.4 is 10.6 Å². The number of carboxylic acid groups (broad SMARTS) is 1. The molecule has 8 nitrogen and oxygen atoms in total. The minimum atomic E-state index is -1.10. The third-order valence-electron chi connectivity index (χ3n) is 5.81. The van der Waals surface area contributed by atoms with Crippen LogP contribution in [0.15, 0.2) is 48.5 Å². The van der Waals surface area contributed by atoms with Gasteiger partial charge in [-0.15, -0.1) is 0 Å². The maximum Gasteiger partial charge on any atom is 0.407 e. The van der Waals surface area contributed by atoms with Crippen molar-refractivity contribution in [1.82, 2.24) is 10.6 Å². The zero-order valence-corrected chi connectivity index (χ0v) is 18.9. The maximum absolute atomic E-state index is 12.4. The number of nitrogens with one attached hydrogen (secondary N) is 2. The Morgan fingerprint density at radius 3 is 2.18 bits per heavy atom. The van der Waals surface area contributed by atoms with Crippen molar-refractivity contribution in [2.24, 2.45) is 0 Å². The molecule has 0 saturated heterocycles. The van der Waals surface area contributed by atoms with Gasteiger partial charge in [0.05, 0.1) is 6.54 Å². The summed E-state index contributed by atoms with van der Waals surface area (Å²) in [7, 11) is 1.32. The number of hydrogen-bond acceptors (Lipinski definition) is 5. The van der Waals surface area contributed by atoms with Gasteiger partial charge in [-0.05, 0) is 28.7 Å². The van der Waals surface area contributed by atoms with Crippen molar-refractivity contribution < 1.29 is 29.0 Å². The van der Waals surface area contributed by atoms with E-state index < -0.39 is 30.1 Å². The summed E-state index contributed by atoms with van der Waals surface area (Å²) in [6, 6.07) is 15.1. The maximum atomic E-state index is 12.4. The van der Waals surface area contributed by atoms with E-state index in [4.69, 9.17) is 9.47 Å². The van der Waals surface area contributed by atoms with E-state index in [-0.39, 0.29) is 19.1 Å². The minimum Gasteiger partial charge on any atom is -0.480 e. The van der Waals surface area contributed by atoms with Crippen molar-refractivity contribution in [2.45, 2.75) is 44.2 Å². The zero-order chi connectivity index (χ0) is 23.8. The molecule has 0 bridgehead atoms. The smallest absolute Gasteiger partial charge is 0.407 e. The number of methoxy groups -OCH3 is 1. The first-order chi connectivity index (χ1) is 16.0. The highest BCUT2D eigenvalue weighted by Gasteiger charge is 2.29. The van der Waals surface area contributed by atoms with Gasteiger partial charge in [0.2, 0.25) is 0 Å². The Balaban J connectivity index is 1.53. The lowest BCUT2D eigenvalue weighted by atomic mass is 9.98. The average molecular weight is 455 g/mol. The van der Waals surface area contributed by atoms with Crippen LogP contribution in [-0.4, -0.2) is 55.5 Å². The number of carbonyl (C=O) groups excluding carboxylic acids is 2. The highest BCUT2D eigenvalue weighted by Crippen LogP contribution is 2.44. The summed E-state index contributed by atoms with van der Waals surface area (Å²) >= 11 is 0. The van der Waals surface area contributed by atoms with Crippen LogP contribution in [0.25, 0.3) is 11.1 Å². The molecule has 0 saturated carbocycles. The third-order valence-corrected chi connectivity index (χ3v) is 5.81. The van der Waals surface area contributed by atoms with Crippen molar-refractivity contribution in [2.75, 3.05) is 20.3 Å². The summed E-state index contributed by atoms with van der Waals surface area (Å²) < 4.78 is 10.6. The van der Waals surface area contributed by atoms with Crippen LogP contribution in [0.4, 0.5) is 4.79 Å². The van der Waals surface area contributed by atoms with Gasteiger partial charge in [0.1, 0.15) is 12.6 Å². The van der Waals surface area contributed by atoms with Crippen molar-refractivity contribution >= 4 is 18.0 Å². The number of rotatable bonds is 11. The van der Waals surface area contributed by atoms with Gasteiger partial charge in [-0.25, -0.2) is 9.59 Å². The first-order valence-corrected chi connectivity index (χ1v) is 11.1. The third kappa shape index (κ3) is 5.90. The number of carbonyl (C=O) groups is 3. The lowest BCUT2D eigenvalue weighted by Gasteiger charge is -2.20. The molecule has 0 fully saturated rings. The predicted molar refractivity (Wildman–Crippen MR) is 123 cm³/mol. The first kappa shape index (κ1) is 24.3. The number of aliphatic carboxylic acids is 1. The molecule has 1 aliphatic carbocycles. The lowest BCUT2D eigenvalue weighted by Crippen LogP contribution is -2.49. The minimum absolute atomic E-state index is 0.0699. The van der Waals surface area contributed by atoms with E-state index in [1.807, 2.05) is 43.3 Å². The van der Waals surface area contributed by atoms with Crippen LogP contribution in [0.2, 0.25) is 0 Å². The molecule has 0 spiro atoms. The van der Waals surface area contributed by atoms with Crippen LogP contribution in [-0.2, 0) is 19.1 Å². The molecule has 2 atom stereocenters. The highest BCUT2D eigenvalue weighted by atomic mass is 16.5. The van der Waals surface area contributed by atoms with Gasteiger partial charge in [0, 0.05) is 13.0 Å². The summed E-state index contributed by atoms with van der Waals surface area (Å²) in [4.78, 5) is 36.1.